The van der Waals surface area contributed by atoms with Crippen LogP contribution in [-0.4, -0.2) is 48.7 Å². The third kappa shape index (κ3) is 4.32. The summed E-state index contributed by atoms with van der Waals surface area (Å²) in [7, 11) is 3.87. The molecule has 0 unspecified atom stereocenters. The molecule has 168 valence electrons. The molecule has 1 saturated heterocycles. The summed E-state index contributed by atoms with van der Waals surface area (Å²) in [4.78, 5) is 11.3. The van der Waals surface area contributed by atoms with Crippen LogP contribution in [0, 0.1) is 17.8 Å². The molecule has 2 aliphatic rings. The van der Waals surface area contributed by atoms with Crippen LogP contribution in [-0.2, 0) is 0 Å². The van der Waals surface area contributed by atoms with Crippen molar-refractivity contribution in [3.05, 3.63) is 46.7 Å². The van der Waals surface area contributed by atoms with E-state index in [0.717, 1.165) is 28.4 Å². The van der Waals surface area contributed by atoms with Crippen LogP contribution < -0.4 is 14.8 Å². The molecule has 6 nitrogen and oxygen atoms in total. The number of rotatable bonds is 6. The molecule has 0 bridgehead atoms. The molecule has 1 aliphatic heterocycles. The topological polar surface area (TPSA) is 59.5 Å². The molecular weight excluding hydrogens is 447 g/mol. The largest absolute Gasteiger partial charge is 0.493 e. The molecule has 5 rings (SSSR count). The zero-order chi connectivity index (χ0) is 22.2. The second-order valence-electron chi connectivity index (χ2n) is 8.89. The van der Waals surface area contributed by atoms with Crippen molar-refractivity contribution in [2.75, 3.05) is 39.2 Å². The highest BCUT2D eigenvalue weighted by Crippen LogP contribution is 2.42. The van der Waals surface area contributed by atoms with Gasteiger partial charge in [-0.3, -0.25) is 0 Å². The van der Waals surface area contributed by atoms with E-state index in [4.69, 9.17) is 32.7 Å². The molecule has 0 radical (unpaired) electrons. The summed E-state index contributed by atoms with van der Waals surface area (Å²) in [6.07, 6.45) is 4.02. The number of methoxy groups -OCH3 is 1. The standard InChI is InChI=1S/C24H26Cl2N4O2/c1-30-10-15-5-14(6-16(15)11-30)12-32-23-9-21-18(8-22(23)31-2)24(28-13-27-21)29-17-3-4-19(25)20(26)7-17/h3-4,7-9,13-16H,5-6,10-12H2,1-2H3,(H,27,28,29)/t14-,15-,16+. The Kier molecular flexibility index (Phi) is 6.01. The Bertz CT molecular complexity index is 1130. The lowest BCUT2D eigenvalue weighted by molar-refractivity contribution is 0.227. The predicted molar refractivity (Wildman–Crippen MR) is 129 cm³/mol. The molecule has 1 saturated carbocycles. The summed E-state index contributed by atoms with van der Waals surface area (Å²) >= 11 is 12.2. The van der Waals surface area contributed by atoms with Gasteiger partial charge in [0.15, 0.2) is 11.5 Å². The second-order valence-corrected chi connectivity index (χ2v) is 9.70. The Hall–Kier alpha value is -2.28. The molecule has 3 atom stereocenters. The Morgan fingerprint density at radius 3 is 2.53 bits per heavy atom. The van der Waals surface area contributed by atoms with Gasteiger partial charge in [0, 0.05) is 30.2 Å². The normalized spacial score (nSPS) is 22.8. The Labute approximate surface area is 197 Å². The average Bonchev–Trinajstić information content (AvgIpc) is 3.31. The summed E-state index contributed by atoms with van der Waals surface area (Å²) in [5.41, 5.74) is 1.57. The monoisotopic (exact) mass is 472 g/mol. The minimum absolute atomic E-state index is 0.478. The first-order valence-electron chi connectivity index (χ1n) is 10.9. The first kappa shape index (κ1) is 21.6. The molecular formula is C24H26Cl2N4O2. The summed E-state index contributed by atoms with van der Waals surface area (Å²) in [5, 5.41) is 5.11. The van der Waals surface area contributed by atoms with Gasteiger partial charge in [-0.05, 0) is 61.9 Å². The van der Waals surface area contributed by atoms with E-state index in [2.05, 4.69) is 27.2 Å². The lowest BCUT2D eigenvalue weighted by Gasteiger charge is -2.17. The van der Waals surface area contributed by atoms with Crippen LogP contribution in [0.5, 0.6) is 11.5 Å². The summed E-state index contributed by atoms with van der Waals surface area (Å²) in [6, 6.07) is 9.21. The van der Waals surface area contributed by atoms with Crippen LogP contribution in [0.4, 0.5) is 11.5 Å². The zero-order valence-corrected chi connectivity index (χ0v) is 19.7. The molecule has 0 amide bonds. The molecule has 32 heavy (non-hydrogen) atoms. The number of hydrogen-bond acceptors (Lipinski definition) is 6. The minimum Gasteiger partial charge on any atom is -0.493 e. The molecule has 3 aromatic rings. The number of aromatic nitrogens is 2. The SMILES string of the molecule is COc1cc2c(Nc3ccc(Cl)c(Cl)c3)ncnc2cc1OC[C@@H]1C[C@@H]2CN(C)C[C@@H]2C1. The van der Waals surface area contributed by atoms with Gasteiger partial charge in [-0.2, -0.15) is 0 Å². The lowest BCUT2D eigenvalue weighted by atomic mass is 10.0. The highest BCUT2D eigenvalue weighted by Gasteiger charge is 2.39. The van der Waals surface area contributed by atoms with Gasteiger partial charge in [-0.15, -0.1) is 0 Å². The van der Waals surface area contributed by atoms with Crippen LogP contribution in [0.2, 0.25) is 10.0 Å². The molecule has 2 heterocycles. The van der Waals surface area contributed by atoms with Crippen LogP contribution in [0.25, 0.3) is 10.9 Å². The van der Waals surface area contributed by atoms with Gasteiger partial charge >= 0.3 is 0 Å². The quantitative estimate of drug-likeness (QED) is 0.499. The van der Waals surface area contributed by atoms with Gasteiger partial charge < -0.3 is 19.7 Å². The fourth-order valence-electron chi connectivity index (χ4n) is 5.15. The first-order chi connectivity index (χ1) is 15.5. The number of benzene rings is 2. The Morgan fingerprint density at radius 2 is 1.81 bits per heavy atom. The molecule has 1 N–H and O–H groups in total. The van der Waals surface area contributed by atoms with Crippen LogP contribution in [0.1, 0.15) is 12.8 Å². The maximum Gasteiger partial charge on any atom is 0.163 e. The number of anilines is 2. The molecule has 2 aromatic carbocycles. The van der Waals surface area contributed by atoms with Gasteiger partial charge in [0.1, 0.15) is 12.1 Å². The van der Waals surface area contributed by atoms with E-state index in [0.29, 0.717) is 39.9 Å². The maximum atomic E-state index is 6.25. The predicted octanol–water partition coefficient (Wildman–Crippen LogP) is 5.66. The van der Waals surface area contributed by atoms with Crippen molar-refractivity contribution in [1.82, 2.24) is 14.9 Å². The van der Waals surface area contributed by atoms with Crippen molar-refractivity contribution >= 4 is 45.6 Å². The summed E-state index contributed by atoms with van der Waals surface area (Å²) < 4.78 is 11.9. The van der Waals surface area contributed by atoms with Crippen LogP contribution in [0.15, 0.2) is 36.7 Å². The third-order valence-corrected chi connectivity index (χ3v) is 7.35. The molecule has 1 aliphatic carbocycles. The van der Waals surface area contributed by atoms with Crippen molar-refractivity contribution in [2.24, 2.45) is 17.8 Å². The molecule has 0 spiro atoms. The van der Waals surface area contributed by atoms with E-state index in [1.54, 1.807) is 19.2 Å². The molecule has 2 fully saturated rings. The van der Waals surface area contributed by atoms with E-state index in [1.165, 1.54) is 32.3 Å². The van der Waals surface area contributed by atoms with Gasteiger partial charge in [0.05, 0.1) is 29.3 Å². The number of ether oxygens (including phenoxy) is 2. The van der Waals surface area contributed by atoms with Crippen molar-refractivity contribution in [1.29, 1.82) is 0 Å². The fourth-order valence-corrected chi connectivity index (χ4v) is 5.45. The van der Waals surface area contributed by atoms with Gasteiger partial charge in [-0.25, -0.2) is 9.97 Å². The number of hydrogen-bond donors (Lipinski definition) is 1. The van der Waals surface area contributed by atoms with E-state index in [-0.39, 0.29) is 0 Å². The van der Waals surface area contributed by atoms with Crippen molar-refractivity contribution in [3.63, 3.8) is 0 Å². The Balaban J connectivity index is 1.35. The average molecular weight is 473 g/mol. The second kappa shape index (κ2) is 8.93. The smallest absolute Gasteiger partial charge is 0.163 e. The molecule has 8 heteroatoms. The lowest BCUT2D eigenvalue weighted by Crippen LogP contribution is -2.18. The van der Waals surface area contributed by atoms with Crippen molar-refractivity contribution < 1.29 is 9.47 Å². The summed E-state index contributed by atoms with van der Waals surface area (Å²) in [6.45, 7) is 3.13. The third-order valence-electron chi connectivity index (χ3n) is 6.61. The number of halogens is 2. The summed E-state index contributed by atoms with van der Waals surface area (Å²) in [5.74, 6) is 4.27. The fraction of sp³-hybridized carbons (Fsp3) is 0.417. The van der Waals surface area contributed by atoms with Crippen molar-refractivity contribution in [3.8, 4) is 11.5 Å². The van der Waals surface area contributed by atoms with Gasteiger partial charge in [0.2, 0.25) is 0 Å². The van der Waals surface area contributed by atoms with E-state index in [9.17, 15) is 0 Å². The van der Waals surface area contributed by atoms with E-state index in [1.807, 2.05) is 18.2 Å². The number of likely N-dealkylation sites (tertiary alicyclic amines) is 1. The number of nitrogens with one attached hydrogen (secondary N) is 1. The highest BCUT2D eigenvalue weighted by molar-refractivity contribution is 6.42. The zero-order valence-electron chi connectivity index (χ0n) is 18.1. The van der Waals surface area contributed by atoms with Crippen molar-refractivity contribution in [2.45, 2.75) is 12.8 Å². The minimum atomic E-state index is 0.478. The highest BCUT2D eigenvalue weighted by atomic mass is 35.5. The van der Waals surface area contributed by atoms with Gasteiger partial charge in [-0.1, -0.05) is 23.2 Å². The van der Waals surface area contributed by atoms with E-state index < -0.39 is 0 Å². The number of fused-ring (bicyclic) bond motifs is 2. The maximum absolute atomic E-state index is 6.25. The number of nitrogens with zero attached hydrogens (tertiary/aromatic N) is 3. The first-order valence-corrected chi connectivity index (χ1v) is 11.6. The van der Waals surface area contributed by atoms with E-state index >= 15 is 0 Å². The van der Waals surface area contributed by atoms with Gasteiger partial charge in [0.25, 0.3) is 0 Å². The van der Waals surface area contributed by atoms with Crippen LogP contribution in [0.3, 0.4) is 0 Å². The Morgan fingerprint density at radius 1 is 1.03 bits per heavy atom. The molecule has 1 aromatic heterocycles. The van der Waals surface area contributed by atoms with Crippen LogP contribution >= 0.6 is 23.2 Å².